The van der Waals surface area contributed by atoms with E-state index in [1.807, 2.05) is 73.6 Å². The number of carbonyl (C=O) groups excluding carboxylic acids is 1. The van der Waals surface area contributed by atoms with Crippen LogP contribution < -0.4 is 4.74 Å². The number of nitrogens with zero attached hydrogens (tertiary/aromatic N) is 5. The Hall–Kier alpha value is -3.09. The van der Waals surface area contributed by atoms with Gasteiger partial charge in [0.1, 0.15) is 23.3 Å². The molecule has 2 unspecified atom stereocenters. The molecule has 48 heavy (non-hydrogen) atoms. The van der Waals surface area contributed by atoms with Crippen LogP contribution in [0, 0.1) is 13.8 Å². The number of piperidine rings is 1. The normalized spacial score (nSPS) is 20.1. The van der Waals surface area contributed by atoms with Gasteiger partial charge in [-0.15, -0.1) is 0 Å². The minimum atomic E-state index is -1.41. The molecule has 1 aromatic carbocycles. The number of likely N-dealkylation sites (tertiary alicyclic amines) is 2. The monoisotopic (exact) mass is 679 g/mol. The zero-order chi connectivity index (χ0) is 34.1. The van der Waals surface area contributed by atoms with Crippen LogP contribution in [0.2, 0.25) is 0 Å². The summed E-state index contributed by atoms with van der Waals surface area (Å²) < 4.78 is 36.5. The first-order chi connectivity index (χ1) is 23.4. The molecule has 5 heterocycles. The van der Waals surface area contributed by atoms with Gasteiger partial charge in [-0.05, 0) is 94.1 Å². The van der Waals surface area contributed by atoms with E-state index in [0.717, 1.165) is 59.2 Å². The van der Waals surface area contributed by atoms with Gasteiger partial charge < -0.3 is 28.6 Å². The molecule has 0 bridgehead atoms. The fourth-order valence-corrected chi connectivity index (χ4v) is 8.77. The van der Waals surface area contributed by atoms with Crippen LogP contribution in [0.25, 0.3) is 0 Å². The topological polar surface area (TPSA) is 89.4 Å². The summed E-state index contributed by atoms with van der Waals surface area (Å²) >= 11 is 0. The predicted octanol–water partition coefficient (Wildman–Crippen LogP) is 5.26. The van der Waals surface area contributed by atoms with Crippen molar-refractivity contribution in [3.05, 3.63) is 77.4 Å². The molecule has 11 heteroatoms. The van der Waals surface area contributed by atoms with Crippen molar-refractivity contribution in [2.45, 2.75) is 76.5 Å². The van der Waals surface area contributed by atoms with E-state index < -0.39 is 16.6 Å². The molecule has 2 aromatic heterocycles. The third-order valence-corrected chi connectivity index (χ3v) is 11.6. The molecule has 0 radical (unpaired) electrons. The molecule has 3 aromatic rings. The first kappa shape index (κ1) is 36.2. The highest BCUT2D eigenvalue weighted by molar-refractivity contribution is 7.82. The molecule has 0 N–H and O–H groups in total. The summed E-state index contributed by atoms with van der Waals surface area (Å²) in [6.07, 6.45) is 9.70. The van der Waals surface area contributed by atoms with Crippen molar-refractivity contribution in [3.8, 4) is 5.75 Å². The second kappa shape index (κ2) is 17.0. The zero-order valence-electron chi connectivity index (χ0n) is 29.4. The van der Waals surface area contributed by atoms with Crippen molar-refractivity contribution in [3.63, 3.8) is 0 Å². The molecule has 3 aliphatic heterocycles. The molecule has 262 valence electrons. The van der Waals surface area contributed by atoms with Gasteiger partial charge in [-0.2, -0.15) is 0 Å². The van der Waals surface area contributed by atoms with Crippen LogP contribution in [0.15, 0.2) is 59.9 Å². The molecule has 6 rings (SSSR count). The number of benzene rings is 1. The third-order valence-electron chi connectivity index (χ3n) is 9.77. The summed E-state index contributed by atoms with van der Waals surface area (Å²) in [5, 5.41) is 0. The standard InChI is InChI=1S/C35H47N5O5S.C2H6/c1-27-22-30(43-3)23-28(2)34(27)46(42)40-19-18-38-15-7-9-31(38)32(40)25-44-26-33(41)39-16-10-35(11-17-39,29-8-6-12-36-24-29)45-21-20-37-13-4-5-14-37;1-2/h6-9,12,15,22-24,32H,4-5,10-11,13-14,16-21,25-26H2,1-3H3;1-2H3. The molecule has 2 atom stereocenters. The Bertz CT molecular complexity index is 1480. The van der Waals surface area contributed by atoms with E-state index in [0.29, 0.717) is 39.1 Å². The molecular weight excluding hydrogens is 627 g/mol. The van der Waals surface area contributed by atoms with Gasteiger partial charge in [-0.25, -0.2) is 8.51 Å². The summed E-state index contributed by atoms with van der Waals surface area (Å²) in [4.78, 5) is 22.9. The van der Waals surface area contributed by atoms with Crippen molar-refractivity contribution < 1.29 is 23.2 Å². The number of aryl methyl sites for hydroxylation is 2. The summed E-state index contributed by atoms with van der Waals surface area (Å²) in [7, 11) is 0.235. The number of pyridine rings is 1. The van der Waals surface area contributed by atoms with E-state index in [2.05, 4.69) is 26.6 Å². The van der Waals surface area contributed by atoms with Crippen molar-refractivity contribution in [2.24, 2.45) is 0 Å². The number of carbonyl (C=O) groups is 1. The quantitative estimate of drug-likeness (QED) is 0.258. The largest absolute Gasteiger partial charge is 0.497 e. The maximum atomic E-state index is 14.1. The van der Waals surface area contributed by atoms with Crippen LogP contribution in [-0.4, -0.2) is 100.0 Å². The maximum Gasteiger partial charge on any atom is 0.248 e. The lowest BCUT2D eigenvalue weighted by molar-refractivity contribution is -0.145. The van der Waals surface area contributed by atoms with Gasteiger partial charge in [-0.3, -0.25) is 9.78 Å². The predicted molar refractivity (Wildman–Crippen MR) is 188 cm³/mol. The van der Waals surface area contributed by atoms with Crippen LogP contribution in [0.4, 0.5) is 0 Å². The summed E-state index contributed by atoms with van der Waals surface area (Å²) in [6, 6.07) is 11.7. The Morgan fingerprint density at radius 2 is 1.73 bits per heavy atom. The fraction of sp³-hybridized carbons (Fsp3) is 0.568. The summed E-state index contributed by atoms with van der Waals surface area (Å²) in [5.41, 5.74) is 3.54. The number of aromatic nitrogens is 2. The average Bonchev–Trinajstić information content (AvgIpc) is 3.82. The molecule has 10 nitrogen and oxygen atoms in total. The lowest BCUT2D eigenvalue weighted by atomic mass is 9.85. The molecule has 2 saturated heterocycles. The number of hydrogen-bond donors (Lipinski definition) is 0. The van der Waals surface area contributed by atoms with Crippen LogP contribution in [-0.2, 0) is 37.4 Å². The van der Waals surface area contributed by atoms with E-state index in [1.54, 1.807) is 13.3 Å². The lowest BCUT2D eigenvalue weighted by Crippen LogP contribution is -2.48. The molecular formula is C37H53N5O5S. The first-order valence-electron chi connectivity index (χ1n) is 17.5. The minimum Gasteiger partial charge on any atom is -0.497 e. The highest BCUT2D eigenvalue weighted by Crippen LogP contribution is 2.37. The van der Waals surface area contributed by atoms with Gasteiger partial charge in [0.2, 0.25) is 5.91 Å². The SMILES string of the molecule is CC.COc1cc(C)c(S(=O)N2CCn3cccc3C2COCC(=O)N2CCC(OCCN3CCCC3)(c3cccnc3)CC2)c(C)c1. The van der Waals surface area contributed by atoms with Gasteiger partial charge in [0.05, 0.1) is 36.9 Å². The number of ether oxygens (including phenoxy) is 3. The third kappa shape index (κ3) is 8.19. The zero-order valence-corrected chi connectivity index (χ0v) is 30.2. The van der Waals surface area contributed by atoms with E-state index in [-0.39, 0.29) is 25.2 Å². The Balaban J connectivity index is 0.00000221. The first-order valence-corrected chi connectivity index (χ1v) is 18.6. The van der Waals surface area contributed by atoms with Crippen LogP contribution in [0.1, 0.15) is 68.0 Å². The van der Waals surface area contributed by atoms with E-state index >= 15 is 0 Å². The second-order valence-corrected chi connectivity index (χ2v) is 14.0. The molecule has 1 amide bonds. The van der Waals surface area contributed by atoms with Crippen molar-refractivity contribution in [2.75, 3.05) is 66.2 Å². The average molecular weight is 680 g/mol. The molecule has 2 fully saturated rings. The highest BCUT2D eigenvalue weighted by Gasteiger charge is 2.39. The van der Waals surface area contributed by atoms with Crippen molar-refractivity contribution >= 4 is 16.9 Å². The number of rotatable bonds is 12. The molecule has 0 aliphatic carbocycles. The molecule has 0 saturated carbocycles. The van der Waals surface area contributed by atoms with E-state index in [9.17, 15) is 9.00 Å². The number of hydrogen-bond acceptors (Lipinski definition) is 7. The molecule has 0 spiro atoms. The summed E-state index contributed by atoms with van der Waals surface area (Å²) in [6.45, 7) is 14.6. The van der Waals surface area contributed by atoms with Gasteiger partial charge in [-0.1, -0.05) is 19.9 Å². The van der Waals surface area contributed by atoms with Crippen LogP contribution >= 0.6 is 0 Å². The number of amides is 1. The van der Waals surface area contributed by atoms with Gasteiger partial charge >= 0.3 is 0 Å². The molecule has 3 aliphatic rings. The highest BCUT2D eigenvalue weighted by atomic mass is 32.2. The number of methoxy groups -OCH3 is 1. The minimum absolute atomic E-state index is 0.0199. The Morgan fingerprint density at radius 3 is 2.40 bits per heavy atom. The van der Waals surface area contributed by atoms with Gasteiger partial charge in [0.15, 0.2) is 0 Å². The van der Waals surface area contributed by atoms with E-state index in [4.69, 9.17) is 14.2 Å². The Kier molecular flexibility index (Phi) is 12.8. The second-order valence-electron chi connectivity index (χ2n) is 12.7. The summed E-state index contributed by atoms with van der Waals surface area (Å²) in [5.74, 6) is 0.725. The Labute approximate surface area is 288 Å². The van der Waals surface area contributed by atoms with Crippen molar-refractivity contribution in [1.29, 1.82) is 0 Å². The van der Waals surface area contributed by atoms with Crippen molar-refractivity contribution in [1.82, 2.24) is 23.7 Å². The van der Waals surface area contributed by atoms with Crippen LogP contribution in [0.5, 0.6) is 5.75 Å². The smallest absolute Gasteiger partial charge is 0.248 e. The fourth-order valence-electron chi connectivity index (χ4n) is 7.22. The van der Waals surface area contributed by atoms with Crippen LogP contribution in [0.3, 0.4) is 0 Å². The lowest BCUT2D eigenvalue weighted by Gasteiger charge is -2.42. The number of fused-ring (bicyclic) bond motifs is 1. The van der Waals surface area contributed by atoms with Gasteiger partial charge in [0.25, 0.3) is 0 Å². The van der Waals surface area contributed by atoms with E-state index in [1.165, 1.54) is 12.8 Å². The van der Waals surface area contributed by atoms with Gasteiger partial charge in [0, 0.05) is 62.6 Å². The Morgan fingerprint density at radius 1 is 1.00 bits per heavy atom. The maximum absolute atomic E-state index is 14.1.